The number of hydrogen-bond donors (Lipinski definition) is 2. The van der Waals surface area contributed by atoms with E-state index in [2.05, 4.69) is 0 Å². The smallest absolute Gasteiger partial charge is 0.354 e. The molecule has 13 heteroatoms. The lowest BCUT2D eigenvalue weighted by atomic mass is 10.1. The van der Waals surface area contributed by atoms with Crippen molar-refractivity contribution in [2.75, 3.05) is 27.4 Å². The van der Waals surface area contributed by atoms with Gasteiger partial charge < -0.3 is 38.1 Å². The van der Waals surface area contributed by atoms with Gasteiger partial charge in [0, 0.05) is 28.5 Å². The SMILES string of the molecule is CC1(C)OC2COCC2O1.CO.COc1ccc2c3oc(=O)c(Sc4cccc(Cl)c4)c(O)c3c(=O)n(Cc3ccc(F)cc3)c2c1. The fourth-order valence-electron chi connectivity index (χ4n) is 5.35. The monoisotopic (exact) mass is 685 g/mol. The maximum absolute atomic E-state index is 13.7. The van der Waals surface area contributed by atoms with E-state index in [4.69, 9.17) is 40.1 Å². The molecule has 47 heavy (non-hydrogen) atoms. The van der Waals surface area contributed by atoms with E-state index in [1.165, 1.54) is 23.8 Å². The topological polar surface area (TPSA) is 130 Å². The Balaban J connectivity index is 0.000000303. The van der Waals surface area contributed by atoms with Crippen LogP contribution in [0.2, 0.25) is 5.02 Å². The van der Waals surface area contributed by atoms with Crippen LogP contribution in [0.5, 0.6) is 11.5 Å². The number of halogens is 2. The number of aromatic hydroxyl groups is 1. The Labute approximate surface area is 278 Å². The molecule has 10 nitrogen and oxygen atoms in total. The van der Waals surface area contributed by atoms with Crippen LogP contribution in [0.1, 0.15) is 19.4 Å². The molecular formula is C34H33ClFNO9S. The van der Waals surface area contributed by atoms with E-state index in [0.29, 0.717) is 45.3 Å². The van der Waals surface area contributed by atoms with E-state index >= 15 is 0 Å². The first-order valence-corrected chi connectivity index (χ1v) is 15.7. The third-order valence-corrected chi connectivity index (χ3v) is 8.67. The summed E-state index contributed by atoms with van der Waals surface area (Å²) < 4.78 is 42.0. The molecule has 2 aliphatic heterocycles. The van der Waals surface area contributed by atoms with E-state index in [9.17, 15) is 19.1 Å². The Hall–Kier alpha value is -3.91. The van der Waals surface area contributed by atoms with Crippen molar-refractivity contribution < 1.29 is 38.0 Å². The molecule has 0 bridgehead atoms. The van der Waals surface area contributed by atoms with Gasteiger partial charge in [-0.3, -0.25) is 4.79 Å². The fraction of sp³-hybridized carbons (Fsp3) is 0.294. The zero-order valence-corrected chi connectivity index (χ0v) is 27.6. The van der Waals surface area contributed by atoms with Crippen molar-refractivity contribution >= 4 is 45.2 Å². The predicted molar refractivity (Wildman–Crippen MR) is 176 cm³/mol. The summed E-state index contributed by atoms with van der Waals surface area (Å²) in [5.41, 5.74) is -0.278. The molecule has 3 aromatic carbocycles. The first-order chi connectivity index (χ1) is 22.5. The highest BCUT2D eigenvalue weighted by Crippen LogP contribution is 2.38. The minimum atomic E-state index is -0.784. The van der Waals surface area contributed by atoms with Crippen LogP contribution in [0.3, 0.4) is 0 Å². The number of ether oxygens (including phenoxy) is 4. The minimum Gasteiger partial charge on any atom is -0.505 e. The Bertz CT molecular complexity index is 2000. The number of nitrogens with zero attached hydrogens (tertiary/aromatic N) is 1. The van der Waals surface area contributed by atoms with E-state index in [1.54, 1.807) is 54.6 Å². The molecule has 2 unspecified atom stereocenters. The van der Waals surface area contributed by atoms with Crippen LogP contribution in [-0.4, -0.2) is 60.2 Å². The highest BCUT2D eigenvalue weighted by Gasteiger charge is 2.44. The summed E-state index contributed by atoms with van der Waals surface area (Å²) in [5.74, 6) is -0.770. The maximum atomic E-state index is 13.7. The molecule has 2 aliphatic rings. The highest BCUT2D eigenvalue weighted by molar-refractivity contribution is 7.99. The minimum absolute atomic E-state index is 0.0269. The van der Waals surface area contributed by atoms with Crippen LogP contribution in [0.4, 0.5) is 4.39 Å². The summed E-state index contributed by atoms with van der Waals surface area (Å²) in [6, 6.07) is 17.5. The van der Waals surface area contributed by atoms with Gasteiger partial charge in [-0.25, -0.2) is 9.18 Å². The summed E-state index contributed by atoms with van der Waals surface area (Å²) >= 11 is 7.00. The third-order valence-electron chi connectivity index (χ3n) is 7.38. The number of rotatable bonds is 5. The molecule has 7 rings (SSSR count). The molecule has 0 aliphatic carbocycles. The molecule has 2 saturated heterocycles. The molecule has 0 saturated carbocycles. The van der Waals surface area contributed by atoms with Crippen LogP contribution < -0.4 is 15.9 Å². The Morgan fingerprint density at radius 2 is 1.70 bits per heavy atom. The lowest BCUT2D eigenvalue weighted by Crippen LogP contribution is -2.23. The van der Waals surface area contributed by atoms with E-state index in [1.807, 2.05) is 13.8 Å². The van der Waals surface area contributed by atoms with Crippen LogP contribution in [0.25, 0.3) is 21.9 Å². The number of benzene rings is 3. The van der Waals surface area contributed by atoms with Crippen molar-refractivity contribution in [3.05, 3.63) is 104 Å². The molecule has 4 heterocycles. The molecule has 0 amide bonds. The molecule has 2 N–H and O–H groups in total. The van der Waals surface area contributed by atoms with Gasteiger partial charge in [0.2, 0.25) is 0 Å². The maximum Gasteiger partial charge on any atom is 0.354 e. The molecule has 2 atom stereocenters. The van der Waals surface area contributed by atoms with E-state index in [-0.39, 0.29) is 40.4 Å². The van der Waals surface area contributed by atoms with Gasteiger partial charge in [-0.15, -0.1) is 0 Å². The van der Waals surface area contributed by atoms with Crippen molar-refractivity contribution in [1.82, 2.24) is 4.57 Å². The van der Waals surface area contributed by atoms with Crippen LogP contribution in [0.15, 0.2) is 90.5 Å². The van der Waals surface area contributed by atoms with E-state index in [0.717, 1.165) is 18.9 Å². The lowest BCUT2D eigenvalue weighted by molar-refractivity contribution is -0.164. The number of fused-ring (bicyclic) bond motifs is 4. The quantitative estimate of drug-likeness (QED) is 0.214. The predicted octanol–water partition coefficient (Wildman–Crippen LogP) is 5.96. The summed E-state index contributed by atoms with van der Waals surface area (Å²) in [6.45, 7) is 5.34. The van der Waals surface area contributed by atoms with Gasteiger partial charge in [0.25, 0.3) is 5.56 Å². The number of aliphatic hydroxyl groups excluding tert-OH is 1. The van der Waals surface area contributed by atoms with Gasteiger partial charge in [0.05, 0.1) is 32.4 Å². The molecule has 248 valence electrons. The standard InChI is InChI=1S/C26H17ClFNO5S.C7H12O3.CH4O/c1-33-17-9-10-19-20(12-17)29(13-14-5-7-16(28)8-6-14)25(31)21-22(30)24(26(32)34-23(19)21)35-18-4-2-3-15(27)11-18;1-7(2)9-5-3-8-4-6(5)10-7;1-2/h2-12,30H,13H2,1H3;5-6H,3-4H2,1-2H3;2H,1H3. The van der Waals surface area contributed by atoms with Gasteiger partial charge in [0.1, 0.15) is 34.1 Å². The summed E-state index contributed by atoms with van der Waals surface area (Å²) in [7, 11) is 2.50. The molecule has 0 spiro atoms. The number of pyridine rings is 1. The van der Waals surface area contributed by atoms with Gasteiger partial charge in [-0.1, -0.05) is 41.6 Å². The highest BCUT2D eigenvalue weighted by atomic mass is 35.5. The van der Waals surface area contributed by atoms with Crippen molar-refractivity contribution in [2.45, 2.75) is 48.2 Å². The van der Waals surface area contributed by atoms with Crippen molar-refractivity contribution in [2.24, 2.45) is 0 Å². The van der Waals surface area contributed by atoms with E-state index < -0.39 is 22.8 Å². The average Bonchev–Trinajstić information content (AvgIpc) is 3.60. The second kappa shape index (κ2) is 14.5. The van der Waals surface area contributed by atoms with Gasteiger partial charge >= 0.3 is 5.63 Å². The van der Waals surface area contributed by atoms with Gasteiger partial charge in [-0.05, 0) is 61.9 Å². The Morgan fingerprint density at radius 3 is 2.34 bits per heavy atom. The molecule has 0 radical (unpaired) electrons. The number of aromatic nitrogens is 1. The fourth-order valence-corrected chi connectivity index (χ4v) is 6.50. The summed E-state index contributed by atoms with van der Waals surface area (Å²) in [5, 5.41) is 18.9. The first-order valence-electron chi connectivity index (χ1n) is 14.5. The summed E-state index contributed by atoms with van der Waals surface area (Å²) in [4.78, 5) is 27.0. The third kappa shape index (κ3) is 7.48. The van der Waals surface area contributed by atoms with Gasteiger partial charge in [-0.2, -0.15) is 0 Å². The number of methoxy groups -OCH3 is 1. The largest absolute Gasteiger partial charge is 0.505 e. The Kier molecular flexibility index (Phi) is 10.6. The number of hydrogen-bond acceptors (Lipinski definition) is 10. The zero-order valence-electron chi connectivity index (χ0n) is 26.0. The summed E-state index contributed by atoms with van der Waals surface area (Å²) in [6.07, 6.45) is 0.352. The Morgan fingerprint density at radius 1 is 1.02 bits per heavy atom. The van der Waals surface area contributed by atoms with Crippen LogP contribution in [-0.2, 0) is 20.8 Å². The van der Waals surface area contributed by atoms with Gasteiger partial charge in [0.15, 0.2) is 17.1 Å². The lowest BCUT2D eigenvalue weighted by Gasteiger charge is -2.17. The zero-order chi connectivity index (χ0) is 33.9. The van der Waals surface area contributed by atoms with Crippen molar-refractivity contribution in [3.8, 4) is 11.5 Å². The first kappa shape index (κ1) is 34.4. The van der Waals surface area contributed by atoms with Crippen molar-refractivity contribution in [1.29, 1.82) is 0 Å². The molecule has 2 aromatic heterocycles. The molecular weight excluding hydrogens is 653 g/mol. The normalized spacial score (nSPS) is 17.9. The average molecular weight is 686 g/mol. The van der Waals surface area contributed by atoms with Crippen LogP contribution >= 0.6 is 23.4 Å². The number of aliphatic hydroxyl groups is 1. The second-order valence-electron chi connectivity index (χ2n) is 11.0. The second-order valence-corrected chi connectivity index (χ2v) is 12.5. The molecule has 2 fully saturated rings. The molecule has 5 aromatic rings. The van der Waals surface area contributed by atoms with Crippen molar-refractivity contribution in [3.63, 3.8) is 0 Å². The van der Waals surface area contributed by atoms with Crippen LogP contribution in [0, 0.1) is 5.82 Å².